The van der Waals surface area contributed by atoms with Crippen LogP contribution in [-0.2, 0) is 4.79 Å². The number of likely N-dealkylation sites (N-methyl/N-ethyl adjacent to an activating group) is 1. The molecular weight excluding hydrogens is 180 g/mol. The van der Waals surface area contributed by atoms with Crippen LogP contribution in [0, 0.1) is 11.3 Å². The topological polar surface area (TPSA) is 83.0 Å². The van der Waals surface area contributed by atoms with Gasteiger partial charge in [0.15, 0.2) is 0 Å². The van der Waals surface area contributed by atoms with Crippen molar-refractivity contribution in [1.29, 1.82) is 5.26 Å². The Morgan fingerprint density at radius 2 is 2.50 bits per heavy atom. The summed E-state index contributed by atoms with van der Waals surface area (Å²) in [7, 11) is 1.68. The molecule has 5 heteroatoms. The number of carbonyl (C=O) groups is 1. The van der Waals surface area contributed by atoms with E-state index in [-0.39, 0.29) is 6.54 Å². The Bertz CT molecular complexity index is 383. The van der Waals surface area contributed by atoms with Gasteiger partial charge < -0.3 is 10.6 Å². The summed E-state index contributed by atoms with van der Waals surface area (Å²) in [5.41, 5.74) is 6.12. The number of pyridine rings is 1. The molecule has 0 radical (unpaired) electrons. The van der Waals surface area contributed by atoms with E-state index in [4.69, 9.17) is 11.0 Å². The molecule has 1 amide bonds. The molecule has 0 aliphatic heterocycles. The molecule has 0 saturated carbocycles. The number of nitriles is 1. The highest BCUT2D eigenvalue weighted by Gasteiger charge is 2.08. The molecule has 0 bridgehead atoms. The van der Waals surface area contributed by atoms with Crippen LogP contribution < -0.4 is 10.6 Å². The normalized spacial score (nSPS) is 9.14. The predicted molar refractivity (Wildman–Crippen MR) is 51.4 cm³/mol. The van der Waals surface area contributed by atoms with Gasteiger partial charge >= 0.3 is 0 Å². The molecule has 1 aromatic heterocycles. The molecule has 0 aromatic carbocycles. The van der Waals surface area contributed by atoms with Crippen molar-refractivity contribution in [3.63, 3.8) is 0 Å². The second kappa shape index (κ2) is 4.23. The van der Waals surface area contributed by atoms with Crippen molar-refractivity contribution in [1.82, 2.24) is 4.98 Å². The molecule has 0 spiro atoms. The third kappa shape index (κ3) is 2.20. The summed E-state index contributed by atoms with van der Waals surface area (Å²) in [6.45, 7) is 0.0698. The zero-order chi connectivity index (χ0) is 10.6. The smallest absolute Gasteiger partial charge is 0.236 e. The minimum Gasteiger partial charge on any atom is -0.368 e. The average Bonchev–Trinajstić information content (AvgIpc) is 2.16. The van der Waals surface area contributed by atoms with Gasteiger partial charge in [0.25, 0.3) is 0 Å². The minimum atomic E-state index is -0.444. The first-order valence-electron chi connectivity index (χ1n) is 3.98. The van der Waals surface area contributed by atoms with Crippen LogP contribution in [0.25, 0.3) is 0 Å². The zero-order valence-electron chi connectivity index (χ0n) is 7.77. The zero-order valence-corrected chi connectivity index (χ0v) is 7.77. The Morgan fingerprint density at radius 3 is 3.07 bits per heavy atom. The van der Waals surface area contributed by atoms with Gasteiger partial charge in [0.2, 0.25) is 5.91 Å². The Balaban J connectivity index is 2.95. The Morgan fingerprint density at radius 1 is 1.79 bits per heavy atom. The van der Waals surface area contributed by atoms with Crippen molar-refractivity contribution in [2.24, 2.45) is 5.73 Å². The summed E-state index contributed by atoms with van der Waals surface area (Å²) in [5.74, 6) is -0.444. The lowest BCUT2D eigenvalue weighted by atomic mass is 10.2. The number of amides is 1. The van der Waals surface area contributed by atoms with Crippen LogP contribution in [0.4, 0.5) is 5.69 Å². The maximum atomic E-state index is 10.7. The molecule has 0 aliphatic carbocycles. The largest absolute Gasteiger partial charge is 0.368 e. The van der Waals surface area contributed by atoms with Crippen molar-refractivity contribution in [2.75, 3.05) is 18.5 Å². The molecule has 0 unspecified atom stereocenters. The fourth-order valence-corrected chi connectivity index (χ4v) is 1.10. The first-order chi connectivity index (χ1) is 6.65. The van der Waals surface area contributed by atoms with Gasteiger partial charge in [-0.15, -0.1) is 0 Å². The van der Waals surface area contributed by atoms with Gasteiger partial charge in [0.05, 0.1) is 24.0 Å². The molecular formula is C9H10N4O. The van der Waals surface area contributed by atoms with E-state index in [1.165, 1.54) is 12.4 Å². The number of aromatic nitrogens is 1. The number of anilines is 1. The lowest BCUT2D eigenvalue weighted by Crippen LogP contribution is -2.31. The number of nitrogens with two attached hydrogens (primary N) is 1. The standard InChI is InChI=1S/C9H10N4O/c1-13(6-9(11)14)8-5-12-3-2-7(8)4-10/h2-3,5H,6H2,1H3,(H2,11,14). The summed E-state index contributed by atoms with van der Waals surface area (Å²) in [4.78, 5) is 16.1. The Labute approximate surface area is 81.8 Å². The molecule has 1 rings (SSSR count). The lowest BCUT2D eigenvalue weighted by Gasteiger charge is -2.17. The third-order valence-corrected chi connectivity index (χ3v) is 1.72. The van der Waals surface area contributed by atoms with Crippen molar-refractivity contribution < 1.29 is 4.79 Å². The molecule has 0 aliphatic rings. The Hall–Kier alpha value is -2.09. The van der Waals surface area contributed by atoms with Gasteiger partial charge in [-0.25, -0.2) is 0 Å². The van der Waals surface area contributed by atoms with E-state index in [1.54, 1.807) is 18.0 Å². The fraction of sp³-hybridized carbons (Fsp3) is 0.222. The van der Waals surface area contributed by atoms with Crippen LogP contribution in [0.2, 0.25) is 0 Å². The van der Waals surface area contributed by atoms with E-state index in [0.717, 1.165) is 0 Å². The Kier molecular flexibility index (Phi) is 3.02. The molecule has 5 nitrogen and oxygen atoms in total. The van der Waals surface area contributed by atoms with Crippen LogP contribution in [-0.4, -0.2) is 24.5 Å². The molecule has 2 N–H and O–H groups in total. The van der Waals surface area contributed by atoms with Crippen LogP contribution >= 0.6 is 0 Å². The number of primary amides is 1. The van der Waals surface area contributed by atoms with Crippen LogP contribution in [0.1, 0.15) is 5.56 Å². The van der Waals surface area contributed by atoms with Gasteiger partial charge in [-0.2, -0.15) is 5.26 Å². The van der Waals surface area contributed by atoms with Crippen molar-refractivity contribution >= 4 is 11.6 Å². The third-order valence-electron chi connectivity index (χ3n) is 1.72. The van der Waals surface area contributed by atoms with E-state index in [0.29, 0.717) is 11.3 Å². The van der Waals surface area contributed by atoms with Crippen molar-refractivity contribution in [2.45, 2.75) is 0 Å². The number of hydrogen-bond acceptors (Lipinski definition) is 4. The van der Waals surface area contributed by atoms with E-state index in [1.807, 2.05) is 6.07 Å². The van der Waals surface area contributed by atoms with Crippen molar-refractivity contribution in [3.8, 4) is 6.07 Å². The first kappa shape index (κ1) is 9.99. The molecule has 1 heterocycles. The van der Waals surface area contributed by atoms with Crippen molar-refractivity contribution in [3.05, 3.63) is 24.0 Å². The molecule has 0 fully saturated rings. The van der Waals surface area contributed by atoms with Gasteiger partial charge in [-0.3, -0.25) is 9.78 Å². The number of carbonyl (C=O) groups excluding carboxylic acids is 1. The fourth-order valence-electron chi connectivity index (χ4n) is 1.10. The summed E-state index contributed by atoms with van der Waals surface area (Å²) >= 11 is 0. The van der Waals surface area contributed by atoms with Crippen LogP contribution in [0.15, 0.2) is 18.5 Å². The predicted octanol–water partition coefficient (Wildman–Crippen LogP) is -0.125. The highest BCUT2D eigenvalue weighted by molar-refractivity contribution is 5.80. The van der Waals surface area contributed by atoms with Gasteiger partial charge in [-0.05, 0) is 6.07 Å². The SMILES string of the molecule is CN(CC(N)=O)c1cnccc1C#N. The molecule has 1 aromatic rings. The number of hydrogen-bond donors (Lipinski definition) is 1. The second-order valence-electron chi connectivity index (χ2n) is 2.83. The number of nitrogens with zero attached hydrogens (tertiary/aromatic N) is 3. The summed E-state index contributed by atoms with van der Waals surface area (Å²) in [5, 5.41) is 8.78. The molecule has 72 valence electrons. The molecule has 14 heavy (non-hydrogen) atoms. The molecule has 0 saturated heterocycles. The first-order valence-corrected chi connectivity index (χ1v) is 3.98. The monoisotopic (exact) mass is 190 g/mol. The number of rotatable bonds is 3. The van der Waals surface area contributed by atoms with E-state index in [9.17, 15) is 4.79 Å². The average molecular weight is 190 g/mol. The summed E-state index contributed by atoms with van der Waals surface area (Å²) < 4.78 is 0. The van der Waals surface area contributed by atoms with Gasteiger partial charge in [0, 0.05) is 13.2 Å². The van der Waals surface area contributed by atoms with E-state index >= 15 is 0 Å². The maximum absolute atomic E-state index is 10.7. The summed E-state index contributed by atoms with van der Waals surface area (Å²) in [6.07, 6.45) is 3.06. The summed E-state index contributed by atoms with van der Waals surface area (Å²) in [6, 6.07) is 3.61. The minimum absolute atomic E-state index is 0.0698. The quantitative estimate of drug-likeness (QED) is 0.720. The van der Waals surface area contributed by atoms with E-state index < -0.39 is 5.91 Å². The second-order valence-corrected chi connectivity index (χ2v) is 2.83. The van der Waals surface area contributed by atoms with Crippen LogP contribution in [0.3, 0.4) is 0 Å². The molecule has 0 atom stereocenters. The van der Waals surface area contributed by atoms with Gasteiger partial charge in [-0.1, -0.05) is 0 Å². The lowest BCUT2D eigenvalue weighted by molar-refractivity contribution is -0.116. The highest BCUT2D eigenvalue weighted by atomic mass is 16.1. The van der Waals surface area contributed by atoms with Gasteiger partial charge in [0.1, 0.15) is 6.07 Å². The van der Waals surface area contributed by atoms with E-state index in [2.05, 4.69) is 4.98 Å². The maximum Gasteiger partial charge on any atom is 0.236 e. The van der Waals surface area contributed by atoms with Crippen LogP contribution in [0.5, 0.6) is 0 Å². The highest BCUT2D eigenvalue weighted by Crippen LogP contribution is 2.15.